The summed E-state index contributed by atoms with van der Waals surface area (Å²) in [4.78, 5) is 0. The lowest BCUT2D eigenvalue weighted by Crippen LogP contribution is -2.25. The molecule has 0 aliphatic rings. The number of alkyl halides is 3. The van der Waals surface area contributed by atoms with Gasteiger partial charge in [-0.15, -0.1) is 0 Å². The maximum absolute atomic E-state index is 8.99. The van der Waals surface area contributed by atoms with E-state index in [1.807, 2.05) is 0 Å². The Morgan fingerprint density at radius 2 is 1.78 bits per heavy atom. The van der Waals surface area contributed by atoms with Gasteiger partial charge in [0.1, 0.15) is 0 Å². The lowest BCUT2D eigenvalue weighted by molar-refractivity contribution is 0.100. The van der Waals surface area contributed by atoms with Gasteiger partial charge in [-0.3, -0.25) is 0 Å². The lowest BCUT2D eigenvalue weighted by Gasteiger charge is -2.21. The summed E-state index contributed by atoms with van der Waals surface area (Å²) in [6.07, 6.45) is 0.0324. The molecule has 0 amide bonds. The van der Waals surface area contributed by atoms with Gasteiger partial charge in [-0.1, -0.05) is 34.8 Å². The van der Waals surface area contributed by atoms with Crippen LogP contribution in [0, 0.1) is 6.92 Å². The third-order valence-corrected chi connectivity index (χ3v) is 0.982. The highest BCUT2D eigenvalue weighted by Crippen LogP contribution is 2.34. The molecule has 9 heavy (non-hydrogen) atoms. The molecule has 55 valence electrons. The number of hydrogen-bond acceptors (Lipinski definition) is 1. The molecule has 0 spiro atoms. The Labute approximate surface area is 69.9 Å². The summed E-state index contributed by atoms with van der Waals surface area (Å²) in [6, 6.07) is 0. The average molecular weight is 190 g/mol. The topological polar surface area (TPSA) is 20.2 Å². The highest BCUT2D eigenvalue weighted by atomic mass is 35.6. The molecule has 1 N–H and O–H groups in total. The molecule has 0 bridgehead atoms. The van der Waals surface area contributed by atoms with Crippen molar-refractivity contribution in [2.45, 2.75) is 22.7 Å². The van der Waals surface area contributed by atoms with Crippen LogP contribution in [0.1, 0.15) is 13.3 Å². The molecule has 0 aromatic rings. The molecule has 1 atom stereocenters. The van der Waals surface area contributed by atoms with Crippen molar-refractivity contribution in [3.63, 3.8) is 0 Å². The fourth-order valence-electron chi connectivity index (χ4n) is 0.432. The van der Waals surface area contributed by atoms with Crippen LogP contribution in [-0.2, 0) is 0 Å². The fraction of sp³-hybridized carbons (Fsp3) is 0.800. The maximum Gasteiger partial charge on any atom is 0.193 e. The zero-order chi connectivity index (χ0) is 7.71. The quantitative estimate of drug-likeness (QED) is 0.629. The van der Waals surface area contributed by atoms with Gasteiger partial charge in [-0.2, -0.15) is 0 Å². The molecule has 0 aromatic heterocycles. The van der Waals surface area contributed by atoms with Crippen LogP contribution in [0.4, 0.5) is 0 Å². The normalized spacial score (nSPS) is 14.0. The molecule has 4 heteroatoms. The van der Waals surface area contributed by atoms with Gasteiger partial charge in [0.2, 0.25) is 0 Å². The summed E-state index contributed by atoms with van der Waals surface area (Å²) in [5.41, 5.74) is -1.16. The van der Waals surface area contributed by atoms with E-state index in [0.29, 0.717) is 0 Å². The van der Waals surface area contributed by atoms with E-state index in [4.69, 9.17) is 39.9 Å². The molecule has 0 heterocycles. The van der Waals surface area contributed by atoms with Gasteiger partial charge in [0, 0.05) is 6.42 Å². The minimum atomic E-state index is -1.41. The fourth-order valence-corrected chi connectivity index (χ4v) is 1.30. The highest BCUT2D eigenvalue weighted by Gasteiger charge is 2.28. The monoisotopic (exact) mass is 189 g/mol. The largest absolute Gasteiger partial charge is 0.390 e. The Balaban J connectivity index is 3.75. The van der Waals surface area contributed by atoms with Crippen molar-refractivity contribution < 1.29 is 5.11 Å². The third kappa shape index (κ3) is 8.83. The van der Waals surface area contributed by atoms with E-state index < -0.39 is 9.39 Å². The van der Waals surface area contributed by atoms with Crippen LogP contribution in [0.25, 0.3) is 0 Å². The van der Waals surface area contributed by atoms with Gasteiger partial charge in [-0.25, -0.2) is 0 Å². The molecule has 1 unspecified atom stereocenters. The number of hydrogen-bond donors (Lipinski definition) is 1. The first kappa shape index (κ1) is 9.83. The summed E-state index contributed by atoms with van der Waals surface area (Å²) in [5, 5.41) is 8.99. The smallest absolute Gasteiger partial charge is 0.193 e. The van der Waals surface area contributed by atoms with Crippen LogP contribution in [0.5, 0.6) is 0 Å². The zero-order valence-electron chi connectivity index (χ0n) is 5.00. The predicted molar refractivity (Wildman–Crippen MR) is 40.9 cm³/mol. The summed E-state index contributed by atoms with van der Waals surface area (Å²) >= 11 is 16.0. The molecule has 0 rings (SSSR count). The van der Waals surface area contributed by atoms with Crippen molar-refractivity contribution in [2.24, 2.45) is 0 Å². The standard InChI is InChI=1S/C5H8Cl3O/c1-4(2,9)3-5(6,7)8/h9H,1,3H2,2H3. The van der Waals surface area contributed by atoms with E-state index in [9.17, 15) is 0 Å². The van der Waals surface area contributed by atoms with Crippen molar-refractivity contribution in [2.75, 3.05) is 0 Å². The number of rotatable bonds is 1. The number of aliphatic hydroxyl groups is 1. The predicted octanol–water partition coefficient (Wildman–Crippen LogP) is 2.33. The van der Waals surface area contributed by atoms with Crippen LogP contribution in [-0.4, -0.2) is 14.5 Å². The average Bonchev–Trinajstić information content (AvgIpc) is 1.14. The Bertz CT molecular complexity index is 77.4. The highest BCUT2D eigenvalue weighted by molar-refractivity contribution is 6.67. The van der Waals surface area contributed by atoms with Gasteiger partial charge < -0.3 is 5.11 Å². The molecule has 0 saturated carbocycles. The Hall–Kier alpha value is 0.830. The number of halogens is 3. The molecule has 1 radical (unpaired) electrons. The maximum atomic E-state index is 8.99. The van der Waals surface area contributed by atoms with Gasteiger partial charge in [0.25, 0.3) is 0 Å². The van der Waals surface area contributed by atoms with Gasteiger partial charge >= 0.3 is 0 Å². The van der Waals surface area contributed by atoms with Crippen molar-refractivity contribution in [3.05, 3.63) is 6.92 Å². The molecule has 0 fully saturated rings. The molecule has 1 nitrogen and oxygen atoms in total. The summed E-state index contributed by atoms with van der Waals surface area (Å²) in [5.74, 6) is 0. The first-order valence-electron chi connectivity index (χ1n) is 2.35. The van der Waals surface area contributed by atoms with Crippen LogP contribution in [0.3, 0.4) is 0 Å². The second-order valence-corrected chi connectivity index (χ2v) is 4.80. The molecular formula is C5H8Cl3O. The first-order chi connectivity index (χ1) is 3.71. The molecule has 0 aromatic carbocycles. The van der Waals surface area contributed by atoms with Gasteiger partial charge in [0.15, 0.2) is 3.79 Å². The molecule has 0 aliphatic heterocycles. The van der Waals surface area contributed by atoms with Crippen molar-refractivity contribution in [1.82, 2.24) is 0 Å². The van der Waals surface area contributed by atoms with Crippen LogP contribution in [0.15, 0.2) is 0 Å². The minimum absolute atomic E-state index is 0.0324. The van der Waals surface area contributed by atoms with Crippen molar-refractivity contribution in [1.29, 1.82) is 0 Å². The van der Waals surface area contributed by atoms with E-state index in [2.05, 4.69) is 6.92 Å². The third-order valence-electron chi connectivity index (χ3n) is 0.581. The Morgan fingerprint density at radius 3 is 1.78 bits per heavy atom. The van der Waals surface area contributed by atoms with Gasteiger partial charge in [0.05, 0.1) is 5.60 Å². The molecular weight excluding hydrogens is 182 g/mol. The van der Waals surface area contributed by atoms with Crippen LogP contribution < -0.4 is 0 Å². The SMILES string of the molecule is [CH2]C(C)(O)CC(Cl)(Cl)Cl. The second kappa shape index (κ2) is 2.83. The van der Waals surface area contributed by atoms with Gasteiger partial charge in [-0.05, 0) is 13.8 Å². The minimum Gasteiger partial charge on any atom is -0.390 e. The van der Waals surface area contributed by atoms with E-state index in [-0.39, 0.29) is 6.42 Å². The van der Waals surface area contributed by atoms with E-state index >= 15 is 0 Å². The Morgan fingerprint density at radius 1 is 1.44 bits per heavy atom. The van der Waals surface area contributed by atoms with Crippen LogP contribution >= 0.6 is 34.8 Å². The summed E-state index contributed by atoms with van der Waals surface area (Å²) in [7, 11) is 0. The lowest BCUT2D eigenvalue weighted by atomic mass is 10.1. The van der Waals surface area contributed by atoms with E-state index in [1.54, 1.807) is 0 Å². The van der Waals surface area contributed by atoms with E-state index in [0.717, 1.165) is 0 Å². The Kier molecular flexibility index (Phi) is 3.09. The molecule has 0 saturated heterocycles. The van der Waals surface area contributed by atoms with Crippen molar-refractivity contribution >= 4 is 34.8 Å². The molecule has 0 aliphatic carbocycles. The second-order valence-electron chi connectivity index (χ2n) is 2.29. The summed E-state index contributed by atoms with van der Waals surface area (Å²) < 4.78 is -1.41. The van der Waals surface area contributed by atoms with Crippen LogP contribution in [0.2, 0.25) is 0 Å². The van der Waals surface area contributed by atoms with Crippen molar-refractivity contribution in [3.8, 4) is 0 Å². The summed E-state index contributed by atoms with van der Waals surface area (Å²) in [6.45, 7) is 4.84. The first-order valence-corrected chi connectivity index (χ1v) is 3.49. The zero-order valence-corrected chi connectivity index (χ0v) is 7.26. The van der Waals surface area contributed by atoms with E-state index in [1.165, 1.54) is 6.92 Å².